The molecule has 4 amide bonds. The third-order valence-corrected chi connectivity index (χ3v) is 5.47. The third-order valence-electron chi connectivity index (χ3n) is 5.47. The summed E-state index contributed by atoms with van der Waals surface area (Å²) in [4.78, 5) is 40.5. The van der Waals surface area contributed by atoms with Crippen LogP contribution in [0.5, 0.6) is 11.5 Å². The van der Waals surface area contributed by atoms with Crippen LogP contribution in [-0.2, 0) is 29.1 Å². The summed E-state index contributed by atoms with van der Waals surface area (Å²) < 4.78 is 15.9. The standard InChI is InChI=1S/C21H23N3O6/c1-28-17-9-13-8-16-20(26)23(6-5-19(25)22-11-15-4-3-7-30-15)21(27)24(16)12-14(13)10-18(17)29-2/h3-4,7,9-10,16H,5-6,8,11-12H2,1-2H3,(H,22,25)/t16-/m0/s1. The second-order valence-electron chi connectivity index (χ2n) is 7.20. The van der Waals surface area contributed by atoms with Gasteiger partial charge >= 0.3 is 6.03 Å². The van der Waals surface area contributed by atoms with Crippen molar-refractivity contribution in [3.05, 3.63) is 47.4 Å². The second kappa shape index (κ2) is 8.10. The molecule has 2 aliphatic rings. The molecule has 2 aromatic rings. The fraction of sp³-hybridized carbons (Fsp3) is 0.381. The van der Waals surface area contributed by atoms with Gasteiger partial charge in [0.15, 0.2) is 11.5 Å². The Labute approximate surface area is 173 Å². The van der Waals surface area contributed by atoms with Crippen LogP contribution in [0.1, 0.15) is 23.3 Å². The summed E-state index contributed by atoms with van der Waals surface area (Å²) in [6, 6.07) is 6.26. The molecule has 158 valence electrons. The number of urea groups is 1. The molecule has 3 heterocycles. The smallest absolute Gasteiger partial charge is 0.327 e. The Bertz CT molecular complexity index is 920. The SMILES string of the molecule is COc1cc2c(cc1OC)CN1C(=O)N(CCC(=O)NCc3ccco3)C(=O)[C@@H]1C2. The van der Waals surface area contributed by atoms with Gasteiger partial charge < -0.3 is 24.1 Å². The minimum absolute atomic E-state index is 0.0351. The van der Waals surface area contributed by atoms with Gasteiger partial charge in [0.05, 0.1) is 27.0 Å². The first-order valence-corrected chi connectivity index (χ1v) is 9.66. The lowest BCUT2D eigenvalue weighted by molar-refractivity contribution is -0.129. The van der Waals surface area contributed by atoms with Gasteiger partial charge in [-0.3, -0.25) is 14.5 Å². The normalized spacial score (nSPS) is 17.6. The lowest BCUT2D eigenvalue weighted by Crippen LogP contribution is -2.40. The average molecular weight is 413 g/mol. The predicted molar refractivity (Wildman–Crippen MR) is 105 cm³/mol. The molecule has 0 radical (unpaired) electrons. The fourth-order valence-electron chi connectivity index (χ4n) is 3.87. The van der Waals surface area contributed by atoms with Gasteiger partial charge in [0.1, 0.15) is 11.8 Å². The fourth-order valence-corrected chi connectivity index (χ4v) is 3.87. The maximum Gasteiger partial charge on any atom is 0.327 e. The van der Waals surface area contributed by atoms with Crippen molar-refractivity contribution in [1.29, 1.82) is 0 Å². The topological polar surface area (TPSA) is 101 Å². The van der Waals surface area contributed by atoms with Crippen molar-refractivity contribution in [2.45, 2.75) is 32.0 Å². The van der Waals surface area contributed by atoms with E-state index in [1.807, 2.05) is 12.1 Å². The molecule has 0 spiro atoms. The molecular weight excluding hydrogens is 390 g/mol. The van der Waals surface area contributed by atoms with E-state index in [1.165, 1.54) is 6.26 Å². The zero-order valence-corrected chi connectivity index (χ0v) is 16.8. The zero-order valence-electron chi connectivity index (χ0n) is 16.8. The summed E-state index contributed by atoms with van der Waals surface area (Å²) in [5, 5.41) is 2.72. The molecule has 0 unspecified atom stereocenters. The van der Waals surface area contributed by atoms with E-state index in [0.29, 0.717) is 30.2 Å². The van der Waals surface area contributed by atoms with E-state index in [-0.39, 0.29) is 37.4 Å². The highest BCUT2D eigenvalue weighted by Crippen LogP contribution is 2.37. The summed E-state index contributed by atoms with van der Waals surface area (Å²) in [5.74, 6) is 1.27. The van der Waals surface area contributed by atoms with Crippen LogP contribution in [0.2, 0.25) is 0 Å². The minimum atomic E-state index is -0.561. The number of furan rings is 1. The van der Waals surface area contributed by atoms with E-state index >= 15 is 0 Å². The van der Waals surface area contributed by atoms with Crippen molar-refractivity contribution in [3.8, 4) is 11.5 Å². The van der Waals surface area contributed by atoms with Crippen LogP contribution in [0.3, 0.4) is 0 Å². The Kier molecular flexibility index (Phi) is 5.35. The molecule has 1 aromatic carbocycles. The number of ether oxygens (including phenoxy) is 2. The molecular formula is C21H23N3O6. The van der Waals surface area contributed by atoms with Crippen molar-refractivity contribution >= 4 is 17.8 Å². The Morgan fingerprint density at radius 2 is 1.93 bits per heavy atom. The molecule has 1 atom stereocenters. The number of benzene rings is 1. The molecule has 1 aromatic heterocycles. The average Bonchev–Trinajstić information content (AvgIpc) is 3.36. The molecule has 9 nitrogen and oxygen atoms in total. The Hall–Kier alpha value is -3.49. The van der Waals surface area contributed by atoms with Crippen LogP contribution < -0.4 is 14.8 Å². The first-order chi connectivity index (χ1) is 14.5. The molecule has 1 fully saturated rings. The second-order valence-corrected chi connectivity index (χ2v) is 7.20. The number of imide groups is 1. The predicted octanol–water partition coefficient (Wildman–Crippen LogP) is 1.69. The number of nitrogens with zero attached hydrogens (tertiary/aromatic N) is 2. The van der Waals surface area contributed by atoms with Crippen molar-refractivity contribution in [1.82, 2.24) is 15.1 Å². The van der Waals surface area contributed by atoms with E-state index in [1.54, 1.807) is 31.3 Å². The summed E-state index contributed by atoms with van der Waals surface area (Å²) in [6.07, 6.45) is 1.97. The third kappa shape index (κ3) is 3.58. The van der Waals surface area contributed by atoms with E-state index in [2.05, 4.69) is 5.32 Å². The Morgan fingerprint density at radius 1 is 1.20 bits per heavy atom. The molecule has 30 heavy (non-hydrogen) atoms. The van der Waals surface area contributed by atoms with Gasteiger partial charge in [-0.2, -0.15) is 0 Å². The molecule has 9 heteroatoms. The van der Waals surface area contributed by atoms with Gasteiger partial charge in [0, 0.05) is 25.9 Å². The van der Waals surface area contributed by atoms with Crippen LogP contribution in [0.15, 0.2) is 34.9 Å². The van der Waals surface area contributed by atoms with Crippen molar-refractivity contribution in [2.24, 2.45) is 0 Å². The zero-order chi connectivity index (χ0) is 21.3. The lowest BCUT2D eigenvalue weighted by atomic mass is 9.94. The molecule has 0 saturated carbocycles. The highest BCUT2D eigenvalue weighted by molar-refractivity contribution is 6.04. The van der Waals surface area contributed by atoms with Crippen LogP contribution in [0, 0.1) is 0 Å². The number of methoxy groups -OCH3 is 2. The first-order valence-electron chi connectivity index (χ1n) is 9.66. The van der Waals surface area contributed by atoms with Gasteiger partial charge in [-0.25, -0.2) is 4.79 Å². The molecule has 0 bridgehead atoms. The number of hydrogen-bond donors (Lipinski definition) is 1. The number of amides is 4. The first kappa shape index (κ1) is 19.8. The molecule has 2 aliphatic heterocycles. The Morgan fingerprint density at radius 3 is 2.60 bits per heavy atom. The summed E-state index contributed by atoms with van der Waals surface area (Å²) in [7, 11) is 3.11. The molecule has 4 rings (SSSR count). The largest absolute Gasteiger partial charge is 0.493 e. The van der Waals surface area contributed by atoms with E-state index in [9.17, 15) is 14.4 Å². The Balaban J connectivity index is 1.41. The maximum absolute atomic E-state index is 12.9. The summed E-state index contributed by atoms with van der Waals surface area (Å²) in [5.41, 5.74) is 1.87. The van der Waals surface area contributed by atoms with E-state index in [4.69, 9.17) is 13.9 Å². The number of rotatable bonds is 7. The number of hydrogen-bond acceptors (Lipinski definition) is 6. The maximum atomic E-state index is 12.9. The van der Waals surface area contributed by atoms with E-state index < -0.39 is 6.04 Å². The number of carbonyl (C=O) groups is 3. The van der Waals surface area contributed by atoms with Crippen LogP contribution in [0.4, 0.5) is 4.79 Å². The van der Waals surface area contributed by atoms with Crippen molar-refractivity contribution in [2.75, 3.05) is 20.8 Å². The monoisotopic (exact) mass is 413 g/mol. The molecule has 1 saturated heterocycles. The molecule has 0 aliphatic carbocycles. The summed E-state index contributed by atoms with van der Waals surface area (Å²) >= 11 is 0. The van der Waals surface area contributed by atoms with Crippen LogP contribution in [0.25, 0.3) is 0 Å². The van der Waals surface area contributed by atoms with Crippen LogP contribution >= 0.6 is 0 Å². The van der Waals surface area contributed by atoms with E-state index in [0.717, 1.165) is 16.0 Å². The van der Waals surface area contributed by atoms with Gasteiger partial charge in [0.25, 0.3) is 5.91 Å². The van der Waals surface area contributed by atoms with Gasteiger partial charge in [-0.05, 0) is 35.4 Å². The quantitative estimate of drug-likeness (QED) is 0.694. The lowest BCUT2D eigenvalue weighted by Gasteiger charge is -2.29. The number of fused-ring (bicyclic) bond motifs is 2. The minimum Gasteiger partial charge on any atom is -0.493 e. The number of nitrogens with one attached hydrogen (secondary N) is 1. The highest BCUT2D eigenvalue weighted by atomic mass is 16.5. The van der Waals surface area contributed by atoms with Gasteiger partial charge in [-0.1, -0.05) is 0 Å². The van der Waals surface area contributed by atoms with Crippen molar-refractivity contribution < 1.29 is 28.3 Å². The highest BCUT2D eigenvalue weighted by Gasteiger charge is 2.47. The van der Waals surface area contributed by atoms with Crippen molar-refractivity contribution in [3.63, 3.8) is 0 Å². The van der Waals surface area contributed by atoms with Crippen LogP contribution in [-0.4, -0.2) is 54.5 Å². The van der Waals surface area contributed by atoms with Gasteiger partial charge in [-0.15, -0.1) is 0 Å². The molecule has 1 N–H and O–H groups in total. The number of carbonyl (C=O) groups excluding carboxylic acids is 3. The summed E-state index contributed by atoms with van der Waals surface area (Å²) in [6.45, 7) is 0.616. The van der Waals surface area contributed by atoms with Gasteiger partial charge in [0.2, 0.25) is 5.91 Å².